The molecule has 5 heteroatoms. The van der Waals surface area contributed by atoms with E-state index >= 15 is 0 Å². The molecule has 0 amide bonds. The van der Waals surface area contributed by atoms with Crippen molar-refractivity contribution in [2.75, 3.05) is 27.9 Å². The molecule has 1 aliphatic heterocycles. The maximum absolute atomic E-state index is 11.9. The number of benzene rings is 2. The molecule has 2 aromatic carbocycles. The van der Waals surface area contributed by atoms with Crippen LogP contribution in [0.5, 0.6) is 11.5 Å². The van der Waals surface area contributed by atoms with E-state index in [0.29, 0.717) is 6.42 Å². The number of ether oxygens (including phenoxy) is 3. The number of hydrogen-bond acceptors (Lipinski definition) is 5. The molecule has 0 bridgehead atoms. The lowest BCUT2D eigenvalue weighted by Crippen LogP contribution is -2.26. The van der Waals surface area contributed by atoms with Crippen molar-refractivity contribution < 1.29 is 19.0 Å². The third-order valence-electron chi connectivity index (χ3n) is 5.21. The van der Waals surface area contributed by atoms with Gasteiger partial charge in [0.25, 0.3) is 0 Å². The molecule has 2 aromatic rings. The number of fused-ring (bicyclic) bond motifs is 1. The lowest BCUT2D eigenvalue weighted by atomic mass is 9.85. The summed E-state index contributed by atoms with van der Waals surface area (Å²) in [7, 11) is 4.79. The van der Waals surface area contributed by atoms with Gasteiger partial charge in [0, 0.05) is 6.54 Å². The van der Waals surface area contributed by atoms with Gasteiger partial charge in [0.05, 0.1) is 32.8 Å². The Kier molecular flexibility index (Phi) is 6.01. The van der Waals surface area contributed by atoms with Crippen LogP contribution in [0.4, 0.5) is 0 Å². The fraction of sp³-hybridized carbons (Fsp3) is 0.409. The van der Waals surface area contributed by atoms with Gasteiger partial charge in [-0.1, -0.05) is 25.1 Å². The SMILES string of the molecule is COC(=O)C(C)Cc1ccc(-c2c(OC)cccc2OC)c2c1CCNC2. The number of carbonyl (C=O) groups excluding carboxylic acids is 1. The fourth-order valence-corrected chi connectivity index (χ4v) is 3.84. The Hall–Kier alpha value is -2.53. The van der Waals surface area contributed by atoms with Gasteiger partial charge < -0.3 is 19.5 Å². The first-order valence-corrected chi connectivity index (χ1v) is 9.24. The van der Waals surface area contributed by atoms with E-state index in [4.69, 9.17) is 14.2 Å². The minimum absolute atomic E-state index is 0.166. The van der Waals surface area contributed by atoms with Crippen molar-refractivity contribution in [1.82, 2.24) is 5.32 Å². The molecule has 1 aliphatic rings. The van der Waals surface area contributed by atoms with Gasteiger partial charge in [-0.15, -0.1) is 0 Å². The third kappa shape index (κ3) is 3.78. The predicted molar refractivity (Wildman–Crippen MR) is 105 cm³/mol. The van der Waals surface area contributed by atoms with Crippen molar-refractivity contribution in [1.29, 1.82) is 0 Å². The second-order valence-corrected chi connectivity index (χ2v) is 6.82. The van der Waals surface area contributed by atoms with Crippen molar-refractivity contribution in [3.8, 4) is 22.6 Å². The summed E-state index contributed by atoms with van der Waals surface area (Å²) in [5, 5.41) is 3.47. The first kappa shape index (κ1) is 19.2. The van der Waals surface area contributed by atoms with E-state index in [1.165, 1.54) is 23.8 Å². The number of esters is 1. The van der Waals surface area contributed by atoms with Gasteiger partial charge >= 0.3 is 5.97 Å². The van der Waals surface area contributed by atoms with Crippen molar-refractivity contribution in [2.24, 2.45) is 5.92 Å². The Morgan fingerprint density at radius 3 is 2.41 bits per heavy atom. The van der Waals surface area contributed by atoms with Crippen LogP contribution >= 0.6 is 0 Å². The molecule has 144 valence electrons. The quantitative estimate of drug-likeness (QED) is 0.791. The topological polar surface area (TPSA) is 56.8 Å². The molecule has 3 rings (SSSR count). The van der Waals surface area contributed by atoms with Crippen LogP contribution in [0.2, 0.25) is 0 Å². The van der Waals surface area contributed by atoms with E-state index < -0.39 is 0 Å². The van der Waals surface area contributed by atoms with E-state index in [1.807, 2.05) is 25.1 Å². The minimum Gasteiger partial charge on any atom is -0.496 e. The first-order chi connectivity index (χ1) is 13.1. The van der Waals surface area contributed by atoms with E-state index in [-0.39, 0.29) is 11.9 Å². The largest absolute Gasteiger partial charge is 0.496 e. The van der Waals surface area contributed by atoms with Crippen LogP contribution in [0, 0.1) is 5.92 Å². The summed E-state index contributed by atoms with van der Waals surface area (Å²) < 4.78 is 16.1. The van der Waals surface area contributed by atoms with Gasteiger partial charge in [0.1, 0.15) is 11.5 Å². The molecule has 0 fully saturated rings. The zero-order chi connectivity index (χ0) is 19.4. The van der Waals surface area contributed by atoms with Gasteiger partial charge in [-0.3, -0.25) is 4.79 Å². The molecule has 0 spiro atoms. The van der Waals surface area contributed by atoms with Gasteiger partial charge in [0.15, 0.2) is 0 Å². The second-order valence-electron chi connectivity index (χ2n) is 6.82. The molecular formula is C22H27NO4. The summed E-state index contributed by atoms with van der Waals surface area (Å²) in [6.07, 6.45) is 1.61. The molecule has 0 saturated carbocycles. The normalized spacial score (nSPS) is 14.2. The standard InChI is InChI=1S/C22H27NO4/c1-14(22(24)27-4)12-15-8-9-17(18-13-23-11-10-16(15)18)21-19(25-2)6-5-7-20(21)26-3/h5-9,14,23H,10-13H2,1-4H3. The van der Waals surface area contributed by atoms with Gasteiger partial charge in [-0.2, -0.15) is 0 Å². The average molecular weight is 369 g/mol. The average Bonchev–Trinajstić information content (AvgIpc) is 2.72. The Morgan fingerprint density at radius 1 is 1.07 bits per heavy atom. The zero-order valence-corrected chi connectivity index (χ0v) is 16.4. The summed E-state index contributed by atoms with van der Waals surface area (Å²) in [5.74, 6) is 1.24. The fourth-order valence-electron chi connectivity index (χ4n) is 3.84. The van der Waals surface area contributed by atoms with Crippen LogP contribution in [0.3, 0.4) is 0 Å². The molecule has 1 unspecified atom stereocenters. The van der Waals surface area contributed by atoms with Crippen LogP contribution in [0.25, 0.3) is 11.1 Å². The summed E-state index contributed by atoms with van der Waals surface area (Å²) >= 11 is 0. The second kappa shape index (κ2) is 8.44. The Labute approximate surface area is 160 Å². The maximum Gasteiger partial charge on any atom is 0.308 e. The Morgan fingerprint density at radius 2 is 1.78 bits per heavy atom. The highest BCUT2D eigenvalue weighted by Gasteiger charge is 2.24. The molecule has 0 aliphatic carbocycles. The van der Waals surface area contributed by atoms with Crippen LogP contribution in [-0.2, 0) is 28.9 Å². The minimum atomic E-state index is -0.173. The Balaban J connectivity index is 2.11. The van der Waals surface area contributed by atoms with Gasteiger partial charge in [-0.25, -0.2) is 0 Å². The monoisotopic (exact) mass is 369 g/mol. The maximum atomic E-state index is 11.9. The lowest BCUT2D eigenvalue weighted by Gasteiger charge is -2.26. The molecule has 27 heavy (non-hydrogen) atoms. The zero-order valence-electron chi connectivity index (χ0n) is 16.4. The molecule has 1 heterocycles. The van der Waals surface area contributed by atoms with Crippen LogP contribution in [-0.4, -0.2) is 33.8 Å². The van der Waals surface area contributed by atoms with E-state index in [1.54, 1.807) is 14.2 Å². The molecule has 0 radical (unpaired) electrons. The lowest BCUT2D eigenvalue weighted by molar-refractivity contribution is -0.144. The van der Waals surface area contributed by atoms with Crippen molar-refractivity contribution in [2.45, 2.75) is 26.3 Å². The smallest absolute Gasteiger partial charge is 0.308 e. The predicted octanol–water partition coefficient (Wildman–Crippen LogP) is 3.37. The molecule has 5 nitrogen and oxygen atoms in total. The number of hydrogen-bond donors (Lipinski definition) is 1. The third-order valence-corrected chi connectivity index (χ3v) is 5.21. The highest BCUT2D eigenvalue weighted by molar-refractivity contribution is 5.81. The highest BCUT2D eigenvalue weighted by atomic mass is 16.5. The van der Waals surface area contributed by atoms with Crippen LogP contribution in [0.1, 0.15) is 23.6 Å². The number of nitrogens with one attached hydrogen (secondary N) is 1. The molecule has 0 aromatic heterocycles. The highest BCUT2D eigenvalue weighted by Crippen LogP contribution is 2.42. The van der Waals surface area contributed by atoms with Crippen molar-refractivity contribution in [3.63, 3.8) is 0 Å². The van der Waals surface area contributed by atoms with Crippen LogP contribution < -0.4 is 14.8 Å². The van der Waals surface area contributed by atoms with E-state index in [9.17, 15) is 4.79 Å². The summed E-state index contributed by atoms with van der Waals surface area (Å²) in [5.41, 5.74) is 5.85. The molecule has 0 saturated heterocycles. The van der Waals surface area contributed by atoms with Crippen LogP contribution in [0.15, 0.2) is 30.3 Å². The van der Waals surface area contributed by atoms with E-state index in [0.717, 1.165) is 42.1 Å². The molecule has 1 N–H and O–H groups in total. The molecule has 1 atom stereocenters. The number of rotatable bonds is 6. The Bertz CT molecular complexity index is 809. The summed E-state index contributed by atoms with van der Waals surface area (Å²) in [6.45, 7) is 3.63. The summed E-state index contributed by atoms with van der Waals surface area (Å²) in [6, 6.07) is 10.1. The van der Waals surface area contributed by atoms with Crippen molar-refractivity contribution in [3.05, 3.63) is 47.0 Å². The van der Waals surface area contributed by atoms with E-state index in [2.05, 4.69) is 17.4 Å². The van der Waals surface area contributed by atoms with Gasteiger partial charge in [0.2, 0.25) is 0 Å². The van der Waals surface area contributed by atoms with Gasteiger partial charge in [-0.05, 0) is 53.8 Å². The summed E-state index contributed by atoms with van der Waals surface area (Å²) in [4.78, 5) is 11.9. The first-order valence-electron chi connectivity index (χ1n) is 9.24. The van der Waals surface area contributed by atoms with Crippen molar-refractivity contribution >= 4 is 5.97 Å². The molecular weight excluding hydrogens is 342 g/mol. The number of carbonyl (C=O) groups is 1. The number of methoxy groups -OCH3 is 3.